The number of rotatable bonds is 13. The van der Waals surface area contributed by atoms with E-state index in [1.165, 1.54) is 22.8 Å². The molecule has 0 radical (unpaired) electrons. The Bertz CT molecular complexity index is 1170. The van der Waals surface area contributed by atoms with Crippen LogP contribution in [0.2, 0.25) is 0 Å². The fraction of sp³-hybridized carbons (Fsp3) is 0.758. The summed E-state index contributed by atoms with van der Waals surface area (Å²) in [4.78, 5) is 81.8. The number of ketones is 1. The monoisotopic (exact) mass is 632 g/mol. The fourth-order valence-corrected chi connectivity index (χ4v) is 6.12. The number of piperidine rings is 1. The molecule has 1 saturated heterocycles. The maximum Gasteiger partial charge on any atom is 0.315 e. The zero-order valence-electron chi connectivity index (χ0n) is 29.1. The van der Waals surface area contributed by atoms with Crippen molar-refractivity contribution in [3.8, 4) is 0 Å². The van der Waals surface area contributed by atoms with E-state index in [4.69, 9.17) is 0 Å². The number of urea groups is 1. The van der Waals surface area contributed by atoms with Gasteiger partial charge in [-0.15, -0.1) is 6.58 Å². The number of Topliss-reactive ketones (excluding diaryl/α,β-unsaturated/α-hetero) is 1. The summed E-state index contributed by atoms with van der Waals surface area (Å²) < 4.78 is 0. The first kappa shape index (κ1) is 37.7. The highest BCUT2D eigenvalue weighted by Crippen LogP contribution is 2.65. The highest BCUT2D eigenvalue weighted by atomic mass is 16.2. The number of likely N-dealkylation sites (N-methyl/N-ethyl adjacent to an activating group) is 1. The van der Waals surface area contributed by atoms with E-state index >= 15 is 0 Å². The number of hydrogen-bond acceptors (Lipinski definition) is 6. The fourth-order valence-electron chi connectivity index (χ4n) is 6.12. The average Bonchev–Trinajstić information content (AvgIpc) is 3.23. The molecule has 254 valence electrons. The lowest BCUT2D eigenvalue weighted by molar-refractivity contribution is -0.145. The van der Waals surface area contributed by atoms with Crippen molar-refractivity contribution in [3.63, 3.8) is 0 Å². The van der Waals surface area contributed by atoms with E-state index in [-0.39, 0.29) is 48.1 Å². The highest BCUT2D eigenvalue weighted by Gasteiger charge is 2.70. The Kier molecular flexibility index (Phi) is 12.0. The first-order valence-electron chi connectivity index (χ1n) is 15.9. The van der Waals surface area contributed by atoms with E-state index < -0.39 is 59.1 Å². The van der Waals surface area contributed by atoms with Crippen LogP contribution in [-0.2, 0) is 24.0 Å². The minimum Gasteiger partial charge on any atom is -0.346 e. The molecule has 2 rings (SSSR count). The number of likely N-dealkylation sites (tertiary alicyclic amines) is 1. The molecule has 1 saturated carbocycles. The van der Waals surface area contributed by atoms with Gasteiger partial charge in [-0.25, -0.2) is 4.79 Å². The summed E-state index contributed by atoms with van der Waals surface area (Å²) in [7, 11) is 1.67. The van der Waals surface area contributed by atoms with Gasteiger partial charge in [-0.3, -0.25) is 24.0 Å². The Morgan fingerprint density at radius 2 is 1.60 bits per heavy atom. The van der Waals surface area contributed by atoms with Crippen LogP contribution in [0.5, 0.6) is 0 Å². The molecule has 2 aliphatic rings. The standard InChI is InChI=1S/C33H56N6O6/c1-13-15-21(25(41)28(43)34-16-14-2)35-27(42)24-23-20(33(23,10)11)17-39(24)29(44)26(32(7,8)9)37-30(45)36-22(31(4,5)6)18-38(12)19(3)40/h14,20-24,26H,2,13,15-18H2,1,3-12H3,(H,34,43)(H,35,42)(H2,36,37,45)/t20-,21?,22-,23-,24-,26+/m0/s1. The van der Waals surface area contributed by atoms with Gasteiger partial charge in [0.1, 0.15) is 12.1 Å². The maximum absolute atomic E-state index is 14.3. The van der Waals surface area contributed by atoms with Gasteiger partial charge >= 0.3 is 6.03 Å². The number of nitrogens with zero attached hydrogens (tertiary/aromatic N) is 2. The summed E-state index contributed by atoms with van der Waals surface area (Å²) in [5.74, 6) is -2.61. The van der Waals surface area contributed by atoms with Crippen molar-refractivity contribution in [2.75, 3.05) is 26.7 Å². The lowest BCUT2D eigenvalue weighted by Gasteiger charge is -2.39. The quantitative estimate of drug-likeness (QED) is 0.180. The molecular formula is C33H56N6O6. The molecule has 0 spiro atoms. The molecule has 0 aromatic carbocycles. The molecule has 4 N–H and O–H groups in total. The van der Waals surface area contributed by atoms with E-state index in [1.807, 2.05) is 48.5 Å². The molecule has 1 aliphatic carbocycles. The molecule has 6 atom stereocenters. The molecule has 45 heavy (non-hydrogen) atoms. The van der Waals surface area contributed by atoms with Crippen LogP contribution in [0, 0.1) is 28.1 Å². The van der Waals surface area contributed by atoms with Crippen molar-refractivity contribution >= 4 is 35.4 Å². The van der Waals surface area contributed by atoms with E-state index in [9.17, 15) is 28.8 Å². The van der Waals surface area contributed by atoms with Crippen LogP contribution in [0.4, 0.5) is 4.79 Å². The first-order valence-corrected chi connectivity index (χ1v) is 15.9. The second-order valence-corrected chi connectivity index (χ2v) is 15.3. The molecule has 0 aromatic heterocycles. The van der Waals surface area contributed by atoms with Crippen LogP contribution in [0.25, 0.3) is 0 Å². The lowest BCUT2D eigenvalue weighted by atomic mass is 9.85. The Labute approximate surface area is 268 Å². The minimum absolute atomic E-state index is 0.0789. The summed E-state index contributed by atoms with van der Waals surface area (Å²) >= 11 is 0. The van der Waals surface area contributed by atoms with Gasteiger partial charge in [-0.05, 0) is 34.5 Å². The molecule has 1 heterocycles. The van der Waals surface area contributed by atoms with Crippen LogP contribution in [-0.4, -0.2) is 96.1 Å². The van der Waals surface area contributed by atoms with Crippen molar-refractivity contribution in [2.45, 2.75) is 106 Å². The molecule has 6 amide bonds. The van der Waals surface area contributed by atoms with Crippen LogP contribution in [0.15, 0.2) is 12.7 Å². The second-order valence-electron chi connectivity index (χ2n) is 15.3. The molecule has 1 aliphatic heterocycles. The van der Waals surface area contributed by atoms with Crippen molar-refractivity contribution in [1.82, 2.24) is 31.1 Å². The van der Waals surface area contributed by atoms with Gasteiger partial charge in [0.15, 0.2) is 0 Å². The van der Waals surface area contributed by atoms with Gasteiger partial charge in [0, 0.05) is 33.6 Å². The number of fused-ring (bicyclic) bond motifs is 1. The highest BCUT2D eigenvalue weighted by molar-refractivity contribution is 6.38. The van der Waals surface area contributed by atoms with Crippen LogP contribution < -0.4 is 21.3 Å². The first-order chi connectivity index (χ1) is 20.6. The van der Waals surface area contributed by atoms with Gasteiger partial charge in [0.05, 0.1) is 12.1 Å². The summed E-state index contributed by atoms with van der Waals surface area (Å²) in [5, 5.41) is 11.1. The molecular weight excluding hydrogens is 576 g/mol. The summed E-state index contributed by atoms with van der Waals surface area (Å²) in [6.07, 6.45) is 2.28. The van der Waals surface area contributed by atoms with Crippen LogP contribution in [0.3, 0.4) is 0 Å². The summed E-state index contributed by atoms with van der Waals surface area (Å²) in [6, 6.07) is -3.82. The zero-order valence-corrected chi connectivity index (χ0v) is 29.1. The predicted octanol–water partition coefficient (Wildman–Crippen LogP) is 2.23. The van der Waals surface area contributed by atoms with Gasteiger partial charge in [0.2, 0.25) is 23.5 Å². The van der Waals surface area contributed by atoms with Crippen LogP contribution in [0.1, 0.15) is 82.1 Å². The van der Waals surface area contributed by atoms with E-state index in [1.54, 1.807) is 7.05 Å². The van der Waals surface area contributed by atoms with Crippen molar-refractivity contribution in [1.29, 1.82) is 0 Å². The predicted molar refractivity (Wildman–Crippen MR) is 173 cm³/mol. The Morgan fingerprint density at radius 1 is 1.00 bits per heavy atom. The number of amides is 6. The number of hydrogen-bond donors (Lipinski definition) is 4. The normalized spacial score (nSPS) is 22.2. The minimum atomic E-state index is -1.03. The molecule has 12 heteroatoms. The Morgan fingerprint density at radius 3 is 2.09 bits per heavy atom. The van der Waals surface area contributed by atoms with Crippen molar-refractivity contribution in [3.05, 3.63) is 12.7 Å². The smallest absolute Gasteiger partial charge is 0.315 e. The molecule has 12 nitrogen and oxygen atoms in total. The van der Waals surface area contributed by atoms with Gasteiger partial charge in [-0.2, -0.15) is 0 Å². The second kappa shape index (κ2) is 14.3. The van der Waals surface area contributed by atoms with E-state index in [2.05, 4.69) is 41.7 Å². The van der Waals surface area contributed by atoms with Gasteiger partial charge in [0.25, 0.3) is 5.91 Å². The largest absolute Gasteiger partial charge is 0.346 e. The molecule has 0 aromatic rings. The third-order valence-corrected chi connectivity index (χ3v) is 9.33. The SMILES string of the molecule is C=CCNC(=O)C(=O)C(CCC)NC(=O)[C@@H]1[C@@H]2[C@H](CN1C(=O)[C@@H](NC(=O)N[C@@H](CN(C)C(C)=O)C(C)(C)C)C(C)(C)C)C2(C)C. The molecule has 2 fully saturated rings. The number of carbonyl (C=O) groups is 6. The van der Waals surface area contributed by atoms with Crippen molar-refractivity contribution in [2.24, 2.45) is 28.1 Å². The van der Waals surface area contributed by atoms with E-state index in [0.717, 1.165) is 0 Å². The lowest BCUT2D eigenvalue weighted by Crippen LogP contribution is -2.62. The summed E-state index contributed by atoms with van der Waals surface area (Å²) in [6.45, 7) is 23.1. The maximum atomic E-state index is 14.3. The van der Waals surface area contributed by atoms with Gasteiger partial charge in [-0.1, -0.05) is 74.8 Å². The van der Waals surface area contributed by atoms with Crippen molar-refractivity contribution < 1.29 is 28.8 Å². The zero-order chi connectivity index (χ0) is 34.7. The molecule has 1 unspecified atom stereocenters. The third-order valence-electron chi connectivity index (χ3n) is 9.33. The topological polar surface area (TPSA) is 157 Å². The Balaban J connectivity index is 2.32. The van der Waals surface area contributed by atoms with Gasteiger partial charge < -0.3 is 31.1 Å². The Hall–Kier alpha value is -3.44. The number of nitrogens with one attached hydrogen (secondary N) is 4. The molecule has 0 bridgehead atoms. The third kappa shape index (κ3) is 9.07. The van der Waals surface area contributed by atoms with E-state index in [0.29, 0.717) is 13.0 Å². The average molecular weight is 633 g/mol. The summed E-state index contributed by atoms with van der Waals surface area (Å²) in [5.41, 5.74) is -1.29. The number of carbonyl (C=O) groups excluding carboxylic acids is 6. The van der Waals surface area contributed by atoms with Crippen LogP contribution >= 0.6 is 0 Å².